The maximum atomic E-state index is 5.91. The van der Waals surface area contributed by atoms with Gasteiger partial charge in [0.15, 0.2) is 5.96 Å². The molecule has 1 aromatic rings. The van der Waals surface area contributed by atoms with E-state index in [1.807, 2.05) is 24.3 Å². The number of anilines is 1. The van der Waals surface area contributed by atoms with E-state index in [2.05, 4.69) is 10.3 Å². The first-order valence-electron chi connectivity index (χ1n) is 7.49. The van der Waals surface area contributed by atoms with Crippen LogP contribution in [-0.2, 0) is 0 Å². The third-order valence-electron chi connectivity index (χ3n) is 3.90. The van der Waals surface area contributed by atoms with Gasteiger partial charge >= 0.3 is 0 Å². The second-order valence-electron chi connectivity index (χ2n) is 5.38. The van der Waals surface area contributed by atoms with Crippen LogP contribution in [0.2, 0.25) is 0 Å². The summed E-state index contributed by atoms with van der Waals surface area (Å²) in [5, 5.41) is 3.09. The Morgan fingerprint density at radius 1 is 1.33 bits per heavy atom. The highest BCUT2D eigenvalue weighted by Crippen LogP contribution is 2.28. The molecule has 2 rings (SSSR count). The van der Waals surface area contributed by atoms with Gasteiger partial charge in [-0.1, -0.05) is 37.8 Å². The van der Waals surface area contributed by atoms with Crippen LogP contribution in [0.3, 0.4) is 0 Å². The first-order valence-corrected chi connectivity index (χ1v) is 7.49. The lowest BCUT2D eigenvalue weighted by Gasteiger charge is -2.10. The maximum absolute atomic E-state index is 5.91. The van der Waals surface area contributed by atoms with Crippen LogP contribution in [0.25, 0.3) is 0 Å². The molecule has 0 radical (unpaired) electrons. The Bertz CT molecular complexity index is 445. The molecule has 0 unspecified atom stereocenters. The van der Waals surface area contributed by atoms with Crippen molar-refractivity contribution in [2.45, 2.75) is 38.5 Å². The number of aliphatic imine (C=N–C) groups is 1. The molecule has 3 N–H and O–H groups in total. The minimum absolute atomic E-state index is 0. The third-order valence-corrected chi connectivity index (χ3v) is 3.90. The first-order chi connectivity index (χ1) is 9.79. The highest BCUT2D eigenvalue weighted by Gasteiger charge is 2.13. The van der Waals surface area contributed by atoms with Crippen LogP contribution >= 0.6 is 24.0 Å². The quantitative estimate of drug-likeness (QED) is 0.327. The molecule has 0 aromatic heterocycles. The number of para-hydroxylation sites is 2. The molecule has 0 amide bonds. The van der Waals surface area contributed by atoms with E-state index in [0.29, 0.717) is 5.96 Å². The molecule has 21 heavy (non-hydrogen) atoms. The smallest absolute Gasteiger partial charge is 0.193 e. The number of ether oxygens (including phenoxy) is 1. The monoisotopic (exact) mass is 403 g/mol. The van der Waals surface area contributed by atoms with E-state index >= 15 is 0 Å². The van der Waals surface area contributed by atoms with E-state index < -0.39 is 0 Å². The predicted octanol–water partition coefficient (Wildman–Crippen LogP) is 4.01. The van der Waals surface area contributed by atoms with Gasteiger partial charge in [-0.05, 0) is 30.9 Å². The normalized spacial score (nSPS) is 15.6. The van der Waals surface area contributed by atoms with Crippen molar-refractivity contribution in [3.05, 3.63) is 24.3 Å². The van der Waals surface area contributed by atoms with Crippen LogP contribution in [0.5, 0.6) is 5.75 Å². The fourth-order valence-corrected chi connectivity index (χ4v) is 2.80. The molecule has 4 nitrogen and oxygen atoms in total. The Labute approximate surface area is 144 Å². The van der Waals surface area contributed by atoms with E-state index in [1.54, 1.807) is 7.11 Å². The van der Waals surface area contributed by atoms with Crippen molar-refractivity contribution in [3.8, 4) is 5.75 Å². The van der Waals surface area contributed by atoms with Gasteiger partial charge in [0.05, 0.1) is 12.8 Å². The Kier molecular flexibility index (Phi) is 8.49. The van der Waals surface area contributed by atoms with Gasteiger partial charge in [0.25, 0.3) is 0 Å². The molecule has 0 atom stereocenters. The van der Waals surface area contributed by atoms with Gasteiger partial charge in [-0.25, -0.2) is 0 Å². The molecular weight excluding hydrogens is 377 g/mol. The summed E-state index contributed by atoms with van der Waals surface area (Å²) >= 11 is 0. The van der Waals surface area contributed by atoms with Crippen molar-refractivity contribution in [3.63, 3.8) is 0 Å². The number of methoxy groups -OCH3 is 1. The summed E-state index contributed by atoms with van der Waals surface area (Å²) in [7, 11) is 1.65. The first kappa shape index (κ1) is 18.1. The Morgan fingerprint density at radius 2 is 2.05 bits per heavy atom. The molecule has 1 aliphatic rings. The van der Waals surface area contributed by atoms with Crippen LogP contribution in [0.4, 0.5) is 5.69 Å². The maximum Gasteiger partial charge on any atom is 0.193 e. The van der Waals surface area contributed by atoms with Crippen molar-refractivity contribution < 1.29 is 4.74 Å². The second-order valence-corrected chi connectivity index (χ2v) is 5.38. The fraction of sp³-hybridized carbons (Fsp3) is 0.562. The van der Waals surface area contributed by atoms with Gasteiger partial charge in [-0.2, -0.15) is 0 Å². The summed E-state index contributed by atoms with van der Waals surface area (Å²) < 4.78 is 5.27. The van der Waals surface area contributed by atoms with Crippen LogP contribution < -0.4 is 15.8 Å². The number of nitrogens with one attached hydrogen (secondary N) is 1. The van der Waals surface area contributed by atoms with Gasteiger partial charge in [-0.3, -0.25) is 4.99 Å². The summed E-state index contributed by atoms with van der Waals surface area (Å²) in [6.07, 6.45) is 8.03. The number of hydrogen-bond acceptors (Lipinski definition) is 2. The number of benzene rings is 1. The molecule has 0 saturated heterocycles. The lowest BCUT2D eigenvalue weighted by Crippen LogP contribution is -2.23. The third kappa shape index (κ3) is 6.11. The van der Waals surface area contributed by atoms with Crippen LogP contribution in [-0.4, -0.2) is 19.6 Å². The van der Waals surface area contributed by atoms with Crippen molar-refractivity contribution in [1.29, 1.82) is 0 Å². The van der Waals surface area contributed by atoms with Crippen LogP contribution in [0.15, 0.2) is 29.3 Å². The molecule has 1 aromatic carbocycles. The summed E-state index contributed by atoms with van der Waals surface area (Å²) in [6.45, 7) is 0.796. The summed E-state index contributed by atoms with van der Waals surface area (Å²) in [5.74, 6) is 2.16. The molecule has 5 heteroatoms. The molecular formula is C16H26IN3O. The van der Waals surface area contributed by atoms with Crippen molar-refractivity contribution >= 4 is 35.6 Å². The summed E-state index contributed by atoms with van der Waals surface area (Å²) in [4.78, 5) is 4.38. The number of nitrogens with two attached hydrogens (primary N) is 1. The second kappa shape index (κ2) is 9.87. The number of halogens is 1. The van der Waals surface area contributed by atoms with E-state index in [4.69, 9.17) is 10.5 Å². The molecule has 1 fully saturated rings. The van der Waals surface area contributed by atoms with Gasteiger partial charge in [0.2, 0.25) is 0 Å². The zero-order valence-electron chi connectivity index (χ0n) is 12.7. The standard InChI is InChI=1S/C16H25N3O.HI/c1-20-15-11-5-4-10-14(15)19-16(17)18-12-6-9-13-7-2-3-8-13;/h4-5,10-11,13H,2-3,6-9,12H2,1H3,(H3,17,18,19);1H. The number of hydrogen-bond donors (Lipinski definition) is 2. The molecule has 118 valence electrons. The molecule has 0 bridgehead atoms. The van der Waals surface area contributed by atoms with Crippen molar-refractivity contribution in [1.82, 2.24) is 0 Å². The SMILES string of the molecule is COc1ccccc1NC(N)=NCCCC1CCCC1.I. The van der Waals surface area contributed by atoms with E-state index in [0.717, 1.165) is 30.3 Å². The zero-order valence-corrected chi connectivity index (χ0v) is 15.0. The Hall–Kier alpha value is -0.980. The number of rotatable bonds is 6. The average Bonchev–Trinajstić information content (AvgIpc) is 2.97. The van der Waals surface area contributed by atoms with Crippen molar-refractivity contribution in [2.75, 3.05) is 19.0 Å². The molecule has 0 heterocycles. The van der Waals surface area contributed by atoms with E-state index in [9.17, 15) is 0 Å². The topological polar surface area (TPSA) is 59.6 Å². The molecule has 0 spiro atoms. The summed E-state index contributed by atoms with van der Waals surface area (Å²) in [6, 6.07) is 7.70. The highest BCUT2D eigenvalue weighted by atomic mass is 127. The average molecular weight is 403 g/mol. The number of guanidine groups is 1. The predicted molar refractivity (Wildman–Crippen MR) is 99.7 cm³/mol. The Morgan fingerprint density at radius 3 is 2.76 bits per heavy atom. The van der Waals surface area contributed by atoms with Gasteiger partial charge in [0.1, 0.15) is 5.75 Å². The minimum atomic E-state index is 0. The Balaban J connectivity index is 0.00000220. The minimum Gasteiger partial charge on any atom is -0.495 e. The zero-order chi connectivity index (χ0) is 14.2. The largest absolute Gasteiger partial charge is 0.495 e. The lowest BCUT2D eigenvalue weighted by molar-refractivity contribution is 0.417. The lowest BCUT2D eigenvalue weighted by atomic mass is 10.0. The fourth-order valence-electron chi connectivity index (χ4n) is 2.80. The highest BCUT2D eigenvalue weighted by molar-refractivity contribution is 14.0. The van der Waals surface area contributed by atoms with Gasteiger partial charge in [-0.15, -0.1) is 24.0 Å². The van der Waals surface area contributed by atoms with E-state index in [1.165, 1.54) is 32.1 Å². The van der Waals surface area contributed by atoms with E-state index in [-0.39, 0.29) is 24.0 Å². The van der Waals surface area contributed by atoms with Gasteiger partial charge in [0, 0.05) is 6.54 Å². The van der Waals surface area contributed by atoms with Crippen molar-refractivity contribution in [2.24, 2.45) is 16.6 Å². The molecule has 0 aliphatic heterocycles. The molecule has 1 saturated carbocycles. The van der Waals surface area contributed by atoms with Gasteiger partial charge < -0.3 is 15.8 Å². The summed E-state index contributed by atoms with van der Waals surface area (Å²) in [5.41, 5.74) is 6.76. The van der Waals surface area contributed by atoms with Crippen LogP contribution in [0.1, 0.15) is 38.5 Å². The van der Waals surface area contributed by atoms with Crippen LogP contribution in [0, 0.1) is 5.92 Å². The number of nitrogens with zero attached hydrogens (tertiary/aromatic N) is 1. The molecule has 1 aliphatic carbocycles.